The van der Waals surface area contributed by atoms with Gasteiger partial charge in [0.1, 0.15) is 0 Å². The van der Waals surface area contributed by atoms with Crippen LogP contribution in [0.25, 0.3) is 0 Å². The van der Waals surface area contributed by atoms with E-state index in [1.54, 1.807) is 0 Å². The van der Waals surface area contributed by atoms with Crippen molar-refractivity contribution in [1.29, 1.82) is 0 Å². The van der Waals surface area contributed by atoms with E-state index in [-0.39, 0.29) is 6.42 Å². The molecule has 1 heterocycles. The van der Waals surface area contributed by atoms with Gasteiger partial charge < -0.3 is 10.0 Å². The smallest absolute Gasteiger partial charge is 0.304 e. The normalized spacial score (nSPS) is 34.3. The number of nitrogens with zero attached hydrogens (tertiary/aromatic N) is 2. The molecule has 2 fully saturated rings. The highest BCUT2D eigenvalue weighted by atomic mass is 16.4. The van der Waals surface area contributed by atoms with E-state index in [1.807, 2.05) is 0 Å². The van der Waals surface area contributed by atoms with Gasteiger partial charge in [-0.3, -0.25) is 9.69 Å². The molecule has 4 heteroatoms. The maximum atomic E-state index is 10.6. The molecule has 0 bridgehead atoms. The minimum absolute atomic E-state index is 0.275. The van der Waals surface area contributed by atoms with Crippen molar-refractivity contribution in [3.05, 3.63) is 0 Å². The Hall–Kier alpha value is -0.610. The first-order chi connectivity index (χ1) is 9.04. The molecule has 0 aromatic rings. The Morgan fingerprint density at radius 3 is 2.16 bits per heavy atom. The average Bonchev–Trinajstić information content (AvgIpc) is 2.36. The van der Waals surface area contributed by atoms with E-state index in [4.69, 9.17) is 5.11 Å². The molecule has 19 heavy (non-hydrogen) atoms. The highest BCUT2D eigenvalue weighted by Crippen LogP contribution is 2.31. The number of aliphatic carboxylic acids is 1. The minimum Gasteiger partial charge on any atom is -0.481 e. The van der Waals surface area contributed by atoms with Gasteiger partial charge in [0.2, 0.25) is 0 Å². The topological polar surface area (TPSA) is 43.8 Å². The van der Waals surface area contributed by atoms with Gasteiger partial charge in [-0.2, -0.15) is 0 Å². The molecule has 1 saturated carbocycles. The Balaban J connectivity index is 1.74. The summed E-state index contributed by atoms with van der Waals surface area (Å²) in [6.45, 7) is 9.77. The predicted octanol–water partition coefficient (Wildman–Crippen LogP) is 1.90. The molecule has 0 radical (unpaired) electrons. The lowest BCUT2D eigenvalue weighted by Crippen LogP contribution is -2.52. The van der Waals surface area contributed by atoms with Gasteiger partial charge in [-0.1, -0.05) is 13.8 Å². The van der Waals surface area contributed by atoms with Gasteiger partial charge in [-0.15, -0.1) is 0 Å². The van der Waals surface area contributed by atoms with E-state index in [0.29, 0.717) is 6.54 Å². The molecule has 2 unspecified atom stereocenters. The third-order valence-electron chi connectivity index (χ3n) is 4.72. The third kappa shape index (κ3) is 4.46. The van der Waals surface area contributed by atoms with Gasteiger partial charge in [-0.25, -0.2) is 0 Å². The van der Waals surface area contributed by atoms with E-state index in [0.717, 1.165) is 44.1 Å². The van der Waals surface area contributed by atoms with Crippen molar-refractivity contribution in [1.82, 2.24) is 9.80 Å². The van der Waals surface area contributed by atoms with Gasteiger partial charge in [0.25, 0.3) is 0 Å². The van der Waals surface area contributed by atoms with Crippen LogP contribution < -0.4 is 0 Å². The predicted molar refractivity (Wildman–Crippen MR) is 76.2 cm³/mol. The monoisotopic (exact) mass is 268 g/mol. The summed E-state index contributed by atoms with van der Waals surface area (Å²) in [7, 11) is 0. The third-order valence-corrected chi connectivity index (χ3v) is 4.72. The quantitative estimate of drug-likeness (QED) is 0.846. The molecule has 4 nitrogen and oxygen atoms in total. The lowest BCUT2D eigenvalue weighted by molar-refractivity contribution is -0.137. The van der Waals surface area contributed by atoms with Gasteiger partial charge >= 0.3 is 5.97 Å². The second-order valence-corrected chi connectivity index (χ2v) is 6.59. The number of carbonyl (C=O) groups is 1. The molecule has 1 saturated heterocycles. The largest absolute Gasteiger partial charge is 0.481 e. The Morgan fingerprint density at radius 2 is 1.63 bits per heavy atom. The van der Waals surface area contributed by atoms with E-state index >= 15 is 0 Å². The summed E-state index contributed by atoms with van der Waals surface area (Å²) >= 11 is 0. The number of carboxylic acid groups (broad SMARTS) is 1. The van der Waals surface area contributed by atoms with Gasteiger partial charge in [0, 0.05) is 38.8 Å². The summed E-state index contributed by atoms with van der Waals surface area (Å²) in [5, 5.41) is 8.72. The van der Waals surface area contributed by atoms with Crippen molar-refractivity contribution in [2.45, 2.75) is 45.6 Å². The van der Waals surface area contributed by atoms with E-state index in [9.17, 15) is 4.79 Å². The van der Waals surface area contributed by atoms with Crippen molar-refractivity contribution in [3.8, 4) is 0 Å². The maximum absolute atomic E-state index is 10.6. The summed E-state index contributed by atoms with van der Waals surface area (Å²) < 4.78 is 0. The second-order valence-electron chi connectivity index (χ2n) is 6.59. The van der Waals surface area contributed by atoms with Crippen LogP contribution in [0.3, 0.4) is 0 Å². The van der Waals surface area contributed by atoms with Crippen LogP contribution in [-0.2, 0) is 4.79 Å². The Kier molecular flexibility index (Phi) is 5.22. The number of rotatable bonds is 4. The number of hydrogen-bond donors (Lipinski definition) is 1. The van der Waals surface area contributed by atoms with Crippen LogP contribution in [0.15, 0.2) is 0 Å². The molecule has 2 aliphatic rings. The molecule has 1 aliphatic carbocycles. The molecule has 0 aromatic heterocycles. The first-order valence-corrected chi connectivity index (χ1v) is 7.72. The highest BCUT2D eigenvalue weighted by molar-refractivity contribution is 5.66. The van der Waals surface area contributed by atoms with E-state index < -0.39 is 5.97 Å². The van der Waals surface area contributed by atoms with Crippen molar-refractivity contribution in [2.24, 2.45) is 11.8 Å². The molecule has 1 N–H and O–H groups in total. The first kappa shape index (κ1) is 14.8. The van der Waals surface area contributed by atoms with Crippen LogP contribution in [0.2, 0.25) is 0 Å². The van der Waals surface area contributed by atoms with Crippen LogP contribution >= 0.6 is 0 Å². The number of piperazine rings is 1. The minimum atomic E-state index is -0.683. The number of carboxylic acids is 1. The molecular formula is C15H28N2O2. The molecule has 2 rings (SSSR count). The highest BCUT2D eigenvalue weighted by Gasteiger charge is 2.30. The average molecular weight is 268 g/mol. The van der Waals surface area contributed by atoms with E-state index in [2.05, 4.69) is 23.6 Å². The van der Waals surface area contributed by atoms with E-state index in [1.165, 1.54) is 19.3 Å². The van der Waals surface area contributed by atoms with Crippen LogP contribution in [0.5, 0.6) is 0 Å². The summed E-state index contributed by atoms with van der Waals surface area (Å²) in [5.41, 5.74) is 0. The molecule has 110 valence electrons. The summed E-state index contributed by atoms with van der Waals surface area (Å²) in [4.78, 5) is 15.5. The fourth-order valence-corrected chi connectivity index (χ4v) is 3.81. The van der Waals surface area contributed by atoms with Crippen molar-refractivity contribution in [2.75, 3.05) is 32.7 Å². The first-order valence-electron chi connectivity index (χ1n) is 7.72. The second kappa shape index (κ2) is 6.71. The van der Waals surface area contributed by atoms with Crippen LogP contribution in [-0.4, -0.2) is 59.6 Å². The van der Waals surface area contributed by atoms with Crippen LogP contribution in [0, 0.1) is 11.8 Å². The van der Waals surface area contributed by atoms with Crippen LogP contribution in [0.4, 0.5) is 0 Å². The summed E-state index contributed by atoms with van der Waals surface area (Å²) in [5.74, 6) is 1.04. The van der Waals surface area contributed by atoms with Crippen molar-refractivity contribution >= 4 is 5.97 Å². The lowest BCUT2D eigenvalue weighted by atomic mass is 9.79. The van der Waals surface area contributed by atoms with Crippen LogP contribution in [0.1, 0.15) is 39.5 Å². The molecule has 2 atom stereocenters. The van der Waals surface area contributed by atoms with Gasteiger partial charge in [-0.05, 0) is 31.1 Å². The molecule has 1 aliphatic heterocycles. The summed E-state index contributed by atoms with van der Waals surface area (Å²) in [6, 6.07) is 0.764. The molecule has 0 spiro atoms. The van der Waals surface area contributed by atoms with Gasteiger partial charge in [0.05, 0.1) is 6.42 Å². The SMILES string of the molecule is CC1CC(C)CC(N2CCN(CCC(=O)O)CC2)C1. The summed E-state index contributed by atoms with van der Waals surface area (Å²) in [6.07, 6.45) is 4.35. The van der Waals surface area contributed by atoms with Crippen molar-refractivity contribution < 1.29 is 9.90 Å². The molecule has 0 amide bonds. The lowest BCUT2D eigenvalue weighted by Gasteiger charge is -2.43. The Morgan fingerprint density at radius 1 is 1.05 bits per heavy atom. The molecule has 0 aromatic carbocycles. The Labute approximate surface area is 116 Å². The zero-order chi connectivity index (χ0) is 13.8. The standard InChI is InChI=1S/C15H28N2O2/c1-12-9-13(2)11-14(10-12)17-7-5-16(6-8-17)4-3-15(18)19/h12-14H,3-11H2,1-2H3,(H,18,19). The zero-order valence-corrected chi connectivity index (χ0v) is 12.3. The molecular weight excluding hydrogens is 240 g/mol. The van der Waals surface area contributed by atoms with Gasteiger partial charge in [0.15, 0.2) is 0 Å². The fraction of sp³-hybridized carbons (Fsp3) is 0.933. The fourth-order valence-electron chi connectivity index (χ4n) is 3.81. The zero-order valence-electron chi connectivity index (χ0n) is 12.3. The van der Waals surface area contributed by atoms with Crippen molar-refractivity contribution in [3.63, 3.8) is 0 Å². The number of hydrogen-bond acceptors (Lipinski definition) is 3. The maximum Gasteiger partial charge on any atom is 0.304 e. The Bertz CT molecular complexity index is 291.